The van der Waals surface area contributed by atoms with Gasteiger partial charge in [0.15, 0.2) is 0 Å². The molecule has 4 rings (SSSR count). The molecule has 0 spiro atoms. The van der Waals surface area contributed by atoms with Gasteiger partial charge in [0.25, 0.3) is 5.69 Å². The highest BCUT2D eigenvalue weighted by molar-refractivity contribution is 5.71. The van der Waals surface area contributed by atoms with Gasteiger partial charge in [-0.1, -0.05) is 42.0 Å². The van der Waals surface area contributed by atoms with Crippen molar-refractivity contribution in [3.63, 3.8) is 0 Å². The van der Waals surface area contributed by atoms with E-state index in [-0.39, 0.29) is 22.6 Å². The number of nitrogens with zero attached hydrogens (tertiary/aromatic N) is 1. The van der Waals surface area contributed by atoms with E-state index in [1.807, 2.05) is 0 Å². The molecule has 2 aliphatic rings. The van der Waals surface area contributed by atoms with Crippen LogP contribution in [0.5, 0.6) is 5.75 Å². The lowest BCUT2D eigenvalue weighted by molar-refractivity contribution is -0.385. The fourth-order valence-corrected chi connectivity index (χ4v) is 4.11. The number of nitro groups is 1. The monoisotopic (exact) mass is 336 g/mol. The third-order valence-corrected chi connectivity index (χ3v) is 5.25. The van der Waals surface area contributed by atoms with Crippen LogP contribution in [0.2, 0.25) is 0 Å². The van der Waals surface area contributed by atoms with Gasteiger partial charge in [-0.05, 0) is 30.4 Å². The highest BCUT2D eigenvalue weighted by Gasteiger charge is 2.40. The summed E-state index contributed by atoms with van der Waals surface area (Å²) in [6.45, 7) is 2.09. The number of benzene rings is 2. The fourth-order valence-electron chi connectivity index (χ4n) is 4.11. The van der Waals surface area contributed by atoms with E-state index in [0.29, 0.717) is 11.7 Å². The van der Waals surface area contributed by atoms with Crippen molar-refractivity contribution in [3.05, 3.63) is 75.4 Å². The number of allylic oxidation sites excluding steroid dienone is 2. The van der Waals surface area contributed by atoms with E-state index >= 15 is 0 Å². The van der Waals surface area contributed by atoms with Gasteiger partial charge in [-0.15, -0.1) is 0 Å². The summed E-state index contributed by atoms with van der Waals surface area (Å²) in [5, 5.41) is 14.9. The van der Waals surface area contributed by atoms with Crippen molar-refractivity contribution in [2.24, 2.45) is 5.92 Å². The molecule has 1 N–H and O–H groups in total. The zero-order chi connectivity index (χ0) is 17.6. The molecule has 1 aliphatic heterocycles. The lowest BCUT2D eigenvalue weighted by Crippen LogP contribution is -2.29. The molecule has 0 unspecified atom stereocenters. The summed E-state index contributed by atoms with van der Waals surface area (Å²) in [4.78, 5) is 10.9. The van der Waals surface area contributed by atoms with Gasteiger partial charge in [-0.3, -0.25) is 10.1 Å². The fraction of sp³-hybridized carbons (Fsp3) is 0.300. The van der Waals surface area contributed by atoms with Crippen LogP contribution in [0, 0.1) is 23.0 Å². The minimum atomic E-state index is -0.358. The summed E-state index contributed by atoms with van der Waals surface area (Å²) < 4.78 is 5.47. The van der Waals surface area contributed by atoms with Crippen LogP contribution in [0.15, 0.2) is 48.6 Å². The normalized spacial score (nSPS) is 23.5. The Morgan fingerprint density at radius 2 is 2.12 bits per heavy atom. The highest BCUT2D eigenvalue weighted by Crippen LogP contribution is 2.53. The second kappa shape index (κ2) is 5.92. The number of nitrogens with one attached hydrogen (secondary N) is 1. The Kier molecular flexibility index (Phi) is 3.71. The molecule has 0 saturated carbocycles. The van der Waals surface area contributed by atoms with Crippen LogP contribution in [0.25, 0.3) is 0 Å². The molecule has 1 aliphatic carbocycles. The van der Waals surface area contributed by atoms with Crippen LogP contribution < -0.4 is 10.1 Å². The molecule has 128 valence electrons. The van der Waals surface area contributed by atoms with Crippen LogP contribution in [-0.4, -0.2) is 12.0 Å². The van der Waals surface area contributed by atoms with Crippen LogP contribution in [0.4, 0.5) is 11.4 Å². The molecule has 0 fully saturated rings. The Morgan fingerprint density at radius 3 is 2.84 bits per heavy atom. The average Bonchev–Trinajstić information content (AvgIpc) is 3.10. The largest absolute Gasteiger partial charge is 0.494 e. The quantitative estimate of drug-likeness (QED) is 0.499. The van der Waals surface area contributed by atoms with E-state index in [0.717, 1.165) is 17.7 Å². The van der Waals surface area contributed by atoms with Crippen molar-refractivity contribution in [1.82, 2.24) is 0 Å². The summed E-state index contributed by atoms with van der Waals surface area (Å²) in [6.07, 6.45) is 5.32. The van der Waals surface area contributed by atoms with Crippen LogP contribution >= 0.6 is 0 Å². The first-order chi connectivity index (χ1) is 12.1. The Bertz CT molecular complexity index is 875. The SMILES string of the molecule is COc1cc([N+](=O)[O-])cc2c1N[C@@H](c1cccc(C)c1)[C@H]1CC=C[C@H]21. The molecule has 0 bridgehead atoms. The lowest BCUT2D eigenvalue weighted by Gasteiger charge is -2.38. The molecule has 5 heteroatoms. The number of hydrogen-bond donors (Lipinski definition) is 1. The maximum Gasteiger partial charge on any atom is 0.273 e. The molecule has 25 heavy (non-hydrogen) atoms. The van der Waals surface area contributed by atoms with Gasteiger partial charge < -0.3 is 10.1 Å². The van der Waals surface area contributed by atoms with E-state index in [4.69, 9.17) is 4.74 Å². The van der Waals surface area contributed by atoms with Crippen molar-refractivity contribution in [3.8, 4) is 5.75 Å². The number of fused-ring (bicyclic) bond motifs is 3. The Labute approximate surface area is 146 Å². The minimum absolute atomic E-state index is 0.0745. The van der Waals surface area contributed by atoms with Gasteiger partial charge in [-0.2, -0.15) is 0 Å². The van der Waals surface area contributed by atoms with Crippen molar-refractivity contribution < 1.29 is 9.66 Å². The zero-order valence-corrected chi connectivity index (χ0v) is 14.2. The van der Waals surface area contributed by atoms with E-state index < -0.39 is 0 Å². The van der Waals surface area contributed by atoms with Crippen molar-refractivity contribution in [1.29, 1.82) is 0 Å². The Balaban J connectivity index is 1.85. The van der Waals surface area contributed by atoms with Gasteiger partial charge in [0.05, 0.1) is 29.8 Å². The number of rotatable bonds is 3. The second-order valence-electron chi connectivity index (χ2n) is 6.76. The summed E-state index contributed by atoms with van der Waals surface area (Å²) in [7, 11) is 1.55. The van der Waals surface area contributed by atoms with Crippen molar-refractivity contribution >= 4 is 11.4 Å². The number of methoxy groups -OCH3 is 1. The molecule has 3 atom stereocenters. The van der Waals surface area contributed by atoms with Crippen molar-refractivity contribution in [2.45, 2.75) is 25.3 Å². The number of anilines is 1. The topological polar surface area (TPSA) is 64.4 Å². The van der Waals surface area contributed by atoms with Crippen LogP contribution in [0.3, 0.4) is 0 Å². The molecule has 0 saturated heterocycles. The van der Waals surface area contributed by atoms with E-state index in [1.165, 1.54) is 17.2 Å². The molecule has 5 nitrogen and oxygen atoms in total. The number of ether oxygens (including phenoxy) is 1. The number of non-ortho nitro benzene ring substituents is 1. The van der Waals surface area contributed by atoms with Gasteiger partial charge >= 0.3 is 0 Å². The molecule has 0 radical (unpaired) electrons. The predicted molar refractivity (Wildman–Crippen MR) is 97.2 cm³/mol. The van der Waals surface area contributed by atoms with E-state index in [1.54, 1.807) is 13.2 Å². The molecule has 0 aromatic heterocycles. The second-order valence-corrected chi connectivity index (χ2v) is 6.76. The molecule has 2 aromatic rings. The first-order valence-corrected chi connectivity index (χ1v) is 8.44. The molecular formula is C20H20N2O3. The van der Waals surface area contributed by atoms with E-state index in [2.05, 4.69) is 48.7 Å². The minimum Gasteiger partial charge on any atom is -0.494 e. The standard InChI is InChI=1S/C20H20N2O3/c1-12-5-3-6-13(9-12)19-16-8-4-7-15(16)17-10-14(22(23)24)11-18(25-2)20(17)21-19/h3-7,9-11,15-16,19,21H,8H2,1-2H3/t15-,16-,19-/m0/s1. The van der Waals surface area contributed by atoms with Crippen LogP contribution in [0.1, 0.15) is 35.1 Å². The molecule has 2 aromatic carbocycles. The van der Waals surface area contributed by atoms with E-state index in [9.17, 15) is 10.1 Å². The van der Waals surface area contributed by atoms with Crippen LogP contribution in [-0.2, 0) is 0 Å². The van der Waals surface area contributed by atoms with Crippen molar-refractivity contribution in [2.75, 3.05) is 12.4 Å². The first-order valence-electron chi connectivity index (χ1n) is 8.44. The number of nitro benzene ring substituents is 1. The third-order valence-electron chi connectivity index (χ3n) is 5.25. The highest BCUT2D eigenvalue weighted by atomic mass is 16.6. The average molecular weight is 336 g/mol. The lowest BCUT2D eigenvalue weighted by atomic mass is 9.76. The Morgan fingerprint density at radius 1 is 1.28 bits per heavy atom. The summed E-state index contributed by atoms with van der Waals surface area (Å²) in [6, 6.07) is 11.9. The zero-order valence-electron chi connectivity index (χ0n) is 14.2. The Hall–Kier alpha value is -2.82. The molecule has 1 heterocycles. The maximum absolute atomic E-state index is 11.3. The number of hydrogen-bond acceptors (Lipinski definition) is 4. The van der Waals surface area contributed by atoms with Gasteiger partial charge in [-0.25, -0.2) is 0 Å². The predicted octanol–water partition coefficient (Wildman–Crippen LogP) is 4.74. The number of aryl methyl sites for hydroxylation is 1. The summed E-state index contributed by atoms with van der Waals surface area (Å²) >= 11 is 0. The summed E-state index contributed by atoms with van der Waals surface area (Å²) in [5.74, 6) is 1.04. The molecular weight excluding hydrogens is 316 g/mol. The maximum atomic E-state index is 11.3. The first kappa shape index (κ1) is 15.7. The third kappa shape index (κ3) is 2.56. The van der Waals surface area contributed by atoms with Gasteiger partial charge in [0, 0.05) is 12.0 Å². The summed E-state index contributed by atoms with van der Waals surface area (Å²) in [5.41, 5.74) is 4.36. The molecule has 0 amide bonds. The van der Waals surface area contributed by atoms with Gasteiger partial charge in [0.1, 0.15) is 5.75 Å². The van der Waals surface area contributed by atoms with Gasteiger partial charge in [0.2, 0.25) is 0 Å². The smallest absolute Gasteiger partial charge is 0.273 e.